The molecule has 0 aromatic heterocycles. The highest BCUT2D eigenvalue weighted by Gasteiger charge is 2.43. The van der Waals surface area contributed by atoms with E-state index in [2.05, 4.69) is 5.32 Å². The number of hydrogen-bond acceptors (Lipinski definition) is 4. The Labute approximate surface area is 141 Å². The van der Waals surface area contributed by atoms with E-state index in [1.807, 2.05) is 35.2 Å². The van der Waals surface area contributed by atoms with Gasteiger partial charge in [0.2, 0.25) is 11.8 Å². The number of aliphatic carboxylic acids is 1. The molecule has 1 fully saturated rings. The normalized spacial score (nSPS) is 20.6. The van der Waals surface area contributed by atoms with Crippen LogP contribution in [0.1, 0.15) is 5.56 Å². The number of nitrogens with one attached hydrogen (secondary N) is 1. The molecule has 0 radical (unpaired) electrons. The first kappa shape index (κ1) is 17.9. The molecule has 130 valence electrons. The Morgan fingerprint density at radius 3 is 2.42 bits per heavy atom. The molecule has 1 aromatic carbocycles. The van der Waals surface area contributed by atoms with Crippen molar-refractivity contribution in [1.82, 2.24) is 15.1 Å². The van der Waals surface area contributed by atoms with Gasteiger partial charge in [0.25, 0.3) is 0 Å². The molecule has 2 amide bonds. The molecule has 0 saturated carbocycles. The predicted molar refractivity (Wildman–Crippen MR) is 88.0 cm³/mol. The second-order valence-corrected chi connectivity index (χ2v) is 6.10. The summed E-state index contributed by atoms with van der Waals surface area (Å²) < 4.78 is 0. The van der Waals surface area contributed by atoms with Crippen LogP contribution in [0.2, 0.25) is 0 Å². The standard InChI is InChI=1S/C17H23N3O4/c1-18-15(21)11-19(2)16(22)13-9-20(10-14(13)17(23)24)8-12-6-4-3-5-7-12/h3-7,13-14H,8-11H2,1-2H3,(H,18,21)(H,23,24). The van der Waals surface area contributed by atoms with Gasteiger partial charge in [0, 0.05) is 33.7 Å². The summed E-state index contributed by atoms with van der Waals surface area (Å²) >= 11 is 0. The Balaban J connectivity index is 2.05. The number of carbonyl (C=O) groups excluding carboxylic acids is 2. The first-order chi connectivity index (χ1) is 11.4. The minimum Gasteiger partial charge on any atom is -0.481 e. The first-order valence-electron chi connectivity index (χ1n) is 7.87. The lowest BCUT2D eigenvalue weighted by Crippen LogP contribution is -2.43. The van der Waals surface area contributed by atoms with Gasteiger partial charge in [-0.15, -0.1) is 0 Å². The third-order valence-corrected chi connectivity index (χ3v) is 4.31. The third kappa shape index (κ3) is 4.32. The van der Waals surface area contributed by atoms with Gasteiger partial charge in [-0.1, -0.05) is 30.3 Å². The topological polar surface area (TPSA) is 90.0 Å². The van der Waals surface area contributed by atoms with Crippen molar-refractivity contribution in [3.05, 3.63) is 35.9 Å². The fraction of sp³-hybridized carbons (Fsp3) is 0.471. The number of rotatable bonds is 6. The summed E-state index contributed by atoms with van der Waals surface area (Å²) in [5, 5.41) is 11.9. The van der Waals surface area contributed by atoms with E-state index in [4.69, 9.17) is 0 Å². The highest BCUT2D eigenvalue weighted by molar-refractivity contribution is 5.89. The molecule has 2 rings (SSSR count). The predicted octanol–water partition coefficient (Wildman–Crippen LogP) is 0.0236. The second-order valence-electron chi connectivity index (χ2n) is 6.10. The summed E-state index contributed by atoms with van der Waals surface area (Å²) in [4.78, 5) is 38.8. The molecule has 2 atom stereocenters. The molecule has 1 aromatic rings. The molecule has 7 nitrogen and oxygen atoms in total. The van der Waals surface area contributed by atoms with Crippen molar-refractivity contribution < 1.29 is 19.5 Å². The summed E-state index contributed by atoms with van der Waals surface area (Å²) in [5.41, 5.74) is 1.08. The number of amides is 2. The molecule has 1 aliphatic heterocycles. The number of benzene rings is 1. The number of carboxylic acid groups (broad SMARTS) is 1. The van der Waals surface area contributed by atoms with Crippen LogP contribution in [-0.2, 0) is 20.9 Å². The van der Waals surface area contributed by atoms with Gasteiger partial charge in [0.15, 0.2) is 0 Å². The summed E-state index contributed by atoms with van der Waals surface area (Å²) in [7, 11) is 3.02. The average Bonchev–Trinajstić information content (AvgIpc) is 2.98. The number of carboxylic acids is 1. The van der Waals surface area contributed by atoms with Gasteiger partial charge in [0.1, 0.15) is 0 Å². The van der Waals surface area contributed by atoms with E-state index in [-0.39, 0.29) is 18.4 Å². The molecular formula is C17H23N3O4. The molecule has 0 aliphatic carbocycles. The Kier molecular flexibility index (Phi) is 5.92. The van der Waals surface area contributed by atoms with Gasteiger partial charge in [-0.05, 0) is 5.56 Å². The maximum Gasteiger partial charge on any atom is 0.308 e. The lowest BCUT2D eigenvalue weighted by Gasteiger charge is -2.22. The summed E-state index contributed by atoms with van der Waals surface area (Å²) in [6.45, 7) is 1.24. The minimum atomic E-state index is -0.975. The molecule has 2 N–H and O–H groups in total. The zero-order valence-electron chi connectivity index (χ0n) is 13.9. The quantitative estimate of drug-likeness (QED) is 0.766. The summed E-state index contributed by atoms with van der Waals surface area (Å²) in [5.74, 6) is -2.95. The maximum atomic E-state index is 12.6. The SMILES string of the molecule is CNC(=O)CN(C)C(=O)C1CN(Cc2ccccc2)CC1C(=O)O. The van der Waals surface area contributed by atoms with Crippen LogP contribution in [0.3, 0.4) is 0 Å². The fourth-order valence-electron chi connectivity index (χ4n) is 3.01. The molecule has 24 heavy (non-hydrogen) atoms. The largest absolute Gasteiger partial charge is 0.481 e. The van der Waals surface area contributed by atoms with E-state index in [0.29, 0.717) is 19.6 Å². The van der Waals surface area contributed by atoms with Crippen molar-refractivity contribution in [1.29, 1.82) is 0 Å². The van der Waals surface area contributed by atoms with Crippen molar-refractivity contribution in [2.45, 2.75) is 6.54 Å². The lowest BCUT2D eigenvalue weighted by molar-refractivity contribution is -0.148. The van der Waals surface area contributed by atoms with Crippen molar-refractivity contribution in [3.8, 4) is 0 Å². The Hall–Kier alpha value is -2.41. The van der Waals surface area contributed by atoms with Crippen LogP contribution in [0.15, 0.2) is 30.3 Å². The zero-order valence-corrected chi connectivity index (χ0v) is 13.9. The molecule has 7 heteroatoms. The van der Waals surface area contributed by atoms with E-state index in [1.54, 1.807) is 0 Å². The van der Waals surface area contributed by atoms with Crippen LogP contribution in [0.5, 0.6) is 0 Å². The number of likely N-dealkylation sites (tertiary alicyclic amines) is 1. The maximum absolute atomic E-state index is 12.6. The average molecular weight is 333 g/mol. The molecule has 2 unspecified atom stereocenters. The molecule has 1 heterocycles. The van der Waals surface area contributed by atoms with E-state index in [9.17, 15) is 19.5 Å². The van der Waals surface area contributed by atoms with Crippen LogP contribution in [0, 0.1) is 11.8 Å². The highest BCUT2D eigenvalue weighted by atomic mass is 16.4. The Morgan fingerprint density at radius 2 is 1.83 bits per heavy atom. The van der Waals surface area contributed by atoms with Crippen LogP contribution >= 0.6 is 0 Å². The van der Waals surface area contributed by atoms with Gasteiger partial charge in [-0.3, -0.25) is 19.3 Å². The number of nitrogens with zero attached hydrogens (tertiary/aromatic N) is 2. The molecule has 1 aliphatic rings. The summed E-state index contributed by atoms with van der Waals surface area (Å²) in [6, 6.07) is 9.73. The molecule has 1 saturated heterocycles. The third-order valence-electron chi connectivity index (χ3n) is 4.31. The van der Waals surface area contributed by atoms with Gasteiger partial charge in [-0.25, -0.2) is 0 Å². The van der Waals surface area contributed by atoms with Crippen molar-refractivity contribution in [3.63, 3.8) is 0 Å². The van der Waals surface area contributed by atoms with Crippen molar-refractivity contribution in [2.24, 2.45) is 11.8 Å². The number of hydrogen-bond donors (Lipinski definition) is 2. The minimum absolute atomic E-state index is 0.0726. The lowest BCUT2D eigenvalue weighted by atomic mass is 9.95. The Morgan fingerprint density at radius 1 is 1.21 bits per heavy atom. The number of likely N-dealkylation sites (N-methyl/N-ethyl adjacent to an activating group) is 2. The van der Waals surface area contributed by atoms with Gasteiger partial charge in [0.05, 0.1) is 18.4 Å². The molecule has 0 bridgehead atoms. The van der Waals surface area contributed by atoms with E-state index < -0.39 is 17.8 Å². The van der Waals surface area contributed by atoms with Crippen LogP contribution in [-0.4, -0.2) is 66.4 Å². The Bertz CT molecular complexity index is 605. The molecule has 0 spiro atoms. The molecular weight excluding hydrogens is 310 g/mol. The van der Waals surface area contributed by atoms with Gasteiger partial charge in [-0.2, -0.15) is 0 Å². The van der Waals surface area contributed by atoms with E-state index in [0.717, 1.165) is 5.56 Å². The first-order valence-corrected chi connectivity index (χ1v) is 7.87. The van der Waals surface area contributed by atoms with Gasteiger partial charge >= 0.3 is 5.97 Å². The van der Waals surface area contributed by atoms with Crippen molar-refractivity contribution in [2.75, 3.05) is 33.7 Å². The fourth-order valence-corrected chi connectivity index (χ4v) is 3.01. The van der Waals surface area contributed by atoms with E-state index >= 15 is 0 Å². The zero-order chi connectivity index (χ0) is 17.7. The number of carbonyl (C=O) groups is 3. The van der Waals surface area contributed by atoms with Crippen LogP contribution < -0.4 is 5.32 Å². The highest BCUT2D eigenvalue weighted by Crippen LogP contribution is 2.27. The van der Waals surface area contributed by atoms with E-state index in [1.165, 1.54) is 19.0 Å². The van der Waals surface area contributed by atoms with Crippen LogP contribution in [0.4, 0.5) is 0 Å². The monoisotopic (exact) mass is 333 g/mol. The smallest absolute Gasteiger partial charge is 0.308 e. The van der Waals surface area contributed by atoms with Crippen LogP contribution in [0.25, 0.3) is 0 Å². The second kappa shape index (κ2) is 7.92. The van der Waals surface area contributed by atoms with Gasteiger partial charge < -0.3 is 15.3 Å². The van der Waals surface area contributed by atoms with Crippen molar-refractivity contribution >= 4 is 17.8 Å². The summed E-state index contributed by atoms with van der Waals surface area (Å²) in [6.07, 6.45) is 0.